The quantitative estimate of drug-likeness (QED) is 0.651. The number of pyridine rings is 1. The number of anilines is 1. The van der Waals surface area contributed by atoms with Gasteiger partial charge in [0.05, 0.1) is 6.61 Å². The standard InChI is InChI=1S/C8H10N2O/c9-8-4-3-7(6-10-8)2-1-5-11/h1-4,6,11H,5H2,(H2,9,10). The van der Waals surface area contributed by atoms with Gasteiger partial charge in [0.2, 0.25) is 0 Å². The third-order valence-electron chi connectivity index (χ3n) is 1.22. The molecule has 1 aromatic heterocycles. The molecule has 3 heteroatoms. The van der Waals surface area contributed by atoms with Gasteiger partial charge in [-0.2, -0.15) is 0 Å². The van der Waals surface area contributed by atoms with Gasteiger partial charge in [-0.1, -0.05) is 12.2 Å². The molecular weight excluding hydrogens is 140 g/mol. The highest BCUT2D eigenvalue weighted by Gasteiger charge is 1.85. The molecule has 0 fully saturated rings. The van der Waals surface area contributed by atoms with E-state index < -0.39 is 0 Å². The average Bonchev–Trinajstić information content (AvgIpc) is 2.04. The SMILES string of the molecule is Nc1ccc(C=CCO)cn1. The molecule has 1 aromatic rings. The molecule has 0 amide bonds. The number of hydrogen-bond acceptors (Lipinski definition) is 3. The predicted octanol–water partition coefficient (Wildman–Crippen LogP) is 0.669. The summed E-state index contributed by atoms with van der Waals surface area (Å²) in [5.74, 6) is 0.506. The van der Waals surface area contributed by atoms with Gasteiger partial charge in [0.15, 0.2) is 0 Å². The number of rotatable bonds is 2. The molecule has 0 radical (unpaired) electrons. The van der Waals surface area contributed by atoms with E-state index in [1.807, 2.05) is 6.07 Å². The number of hydrogen-bond donors (Lipinski definition) is 2. The normalized spacial score (nSPS) is 10.6. The lowest BCUT2D eigenvalue weighted by atomic mass is 10.2. The van der Waals surface area contributed by atoms with Gasteiger partial charge in [0, 0.05) is 6.20 Å². The van der Waals surface area contributed by atoms with Crippen molar-refractivity contribution >= 4 is 11.9 Å². The first kappa shape index (κ1) is 7.75. The summed E-state index contributed by atoms with van der Waals surface area (Å²) in [4.78, 5) is 3.88. The second-order valence-electron chi connectivity index (χ2n) is 2.10. The maximum absolute atomic E-state index is 8.45. The summed E-state index contributed by atoms with van der Waals surface area (Å²) in [7, 11) is 0. The van der Waals surface area contributed by atoms with Crippen molar-refractivity contribution in [3.05, 3.63) is 30.0 Å². The lowest BCUT2D eigenvalue weighted by molar-refractivity contribution is 0.343. The summed E-state index contributed by atoms with van der Waals surface area (Å²) in [6.07, 6.45) is 5.08. The Morgan fingerprint density at radius 1 is 1.55 bits per heavy atom. The molecule has 0 bridgehead atoms. The smallest absolute Gasteiger partial charge is 0.123 e. The molecule has 0 saturated carbocycles. The summed E-state index contributed by atoms with van der Waals surface area (Å²) in [6, 6.07) is 3.56. The Hall–Kier alpha value is -1.35. The summed E-state index contributed by atoms with van der Waals surface area (Å²) in [5, 5.41) is 8.45. The Morgan fingerprint density at radius 2 is 2.36 bits per heavy atom. The molecule has 1 rings (SSSR count). The fourth-order valence-corrected chi connectivity index (χ4v) is 0.704. The maximum Gasteiger partial charge on any atom is 0.123 e. The molecule has 0 spiro atoms. The van der Waals surface area contributed by atoms with Crippen LogP contribution in [0, 0.1) is 0 Å². The molecule has 11 heavy (non-hydrogen) atoms. The van der Waals surface area contributed by atoms with Crippen molar-refractivity contribution in [3.63, 3.8) is 0 Å². The van der Waals surface area contributed by atoms with Crippen molar-refractivity contribution < 1.29 is 5.11 Å². The molecule has 0 aromatic carbocycles. The second-order valence-corrected chi connectivity index (χ2v) is 2.10. The highest BCUT2D eigenvalue weighted by molar-refractivity contribution is 5.49. The third-order valence-corrected chi connectivity index (χ3v) is 1.22. The molecule has 0 aliphatic rings. The number of nitrogen functional groups attached to an aromatic ring is 1. The van der Waals surface area contributed by atoms with E-state index in [9.17, 15) is 0 Å². The van der Waals surface area contributed by atoms with Crippen LogP contribution in [-0.4, -0.2) is 16.7 Å². The molecule has 0 saturated heterocycles. The molecule has 0 aliphatic carbocycles. The molecule has 0 aliphatic heterocycles. The van der Waals surface area contributed by atoms with E-state index in [-0.39, 0.29) is 6.61 Å². The highest BCUT2D eigenvalue weighted by Crippen LogP contribution is 2.02. The van der Waals surface area contributed by atoms with Crippen LogP contribution in [0.5, 0.6) is 0 Å². The first-order valence-corrected chi connectivity index (χ1v) is 3.32. The van der Waals surface area contributed by atoms with Gasteiger partial charge in [-0.25, -0.2) is 4.98 Å². The van der Waals surface area contributed by atoms with E-state index in [0.29, 0.717) is 5.82 Å². The average molecular weight is 150 g/mol. The van der Waals surface area contributed by atoms with Crippen molar-refractivity contribution in [1.29, 1.82) is 0 Å². The minimum Gasteiger partial charge on any atom is -0.392 e. The lowest BCUT2D eigenvalue weighted by Gasteiger charge is -1.92. The minimum atomic E-state index is 0.0460. The summed E-state index contributed by atoms with van der Waals surface area (Å²) in [6.45, 7) is 0.0460. The van der Waals surface area contributed by atoms with E-state index in [4.69, 9.17) is 10.8 Å². The number of aliphatic hydroxyl groups excluding tert-OH is 1. The fraction of sp³-hybridized carbons (Fsp3) is 0.125. The van der Waals surface area contributed by atoms with Crippen molar-refractivity contribution in [2.75, 3.05) is 12.3 Å². The van der Waals surface area contributed by atoms with E-state index in [1.54, 1.807) is 24.4 Å². The van der Waals surface area contributed by atoms with Crippen molar-refractivity contribution in [2.45, 2.75) is 0 Å². The summed E-state index contributed by atoms with van der Waals surface area (Å²) < 4.78 is 0. The molecular formula is C8H10N2O. The molecule has 3 nitrogen and oxygen atoms in total. The molecule has 0 unspecified atom stereocenters. The van der Waals surface area contributed by atoms with Crippen LogP contribution in [0.1, 0.15) is 5.56 Å². The Kier molecular flexibility index (Phi) is 2.63. The Bertz CT molecular complexity index is 241. The molecule has 58 valence electrons. The van der Waals surface area contributed by atoms with Crippen LogP contribution in [0.25, 0.3) is 6.08 Å². The third kappa shape index (κ3) is 2.39. The van der Waals surface area contributed by atoms with Gasteiger partial charge >= 0.3 is 0 Å². The molecule has 0 atom stereocenters. The second kappa shape index (κ2) is 3.73. The maximum atomic E-state index is 8.45. The van der Waals surface area contributed by atoms with Crippen LogP contribution in [0.2, 0.25) is 0 Å². The van der Waals surface area contributed by atoms with Crippen LogP contribution in [-0.2, 0) is 0 Å². The zero-order chi connectivity index (χ0) is 8.10. The van der Waals surface area contributed by atoms with Gasteiger partial charge in [-0.05, 0) is 17.7 Å². The minimum absolute atomic E-state index is 0.0460. The first-order chi connectivity index (χ1) is 5.33. The van der Waals surface area contributed by atoms with Gasteiger partial charge in [0.1, 0.15) is 5.82 Å². The van der Waals surface area contributed by atoms with Crippen molar-refractivity contribution in [1.82, 2.24) is 4.98 Å². The Morgan fingerprint density at radius 3 is 2.91 bits per heavy atom. The summed E-state index contributed by atoms with van der Waals surface area (Å²) in [5.41, 5.74) is 6.31. The lowest BCUT2D eigenvalue weighted by Crippen LogP contribution is -1.88. The zero-order valence-corrected chi connectivity index (χ0v) is 6.07. The Balaban J connectivity index is 2.73. The fourth-order valence-electron chi connectivity index (χ4n) is 0.704. The van der Waals surface area contributed by atoms with Gasteiger partial charge in [-0.15, -0.1) is 0 Å². The van der Waals surface area contributed by atoms with Crippen LogP contribution < -0.4 is 5.73 Å². The first-order valence-electron chi connectivity index (χ1n) is 3.32. The topological polar surface area (TPSA) is 59.1 Å². The number of nitrogens with zero attached hydrogens (tertiary/aromatic N) is 1. The highest BCUT2D eigenvalue weighted by atomic mass is 16.2. The van der Waals surface area contributed by atoms with Gasteiger partial charge in [-0.3, -0.25) is 0 Å². The van der Waals surface area contributed by atoms with Crippen molar-refractivity contribution in [2.24, 2.45) is 0 Å². The number of aliphatic hydroxyl groups is 1. The monoisotopic (exact) mass is 150 g/mol. The van der Waals surface area contributed by atoms with Crippen LogP contribution in [0.4, 0.5) is 5.82 Å². The molecule has 1 heterocycles. The van der Waals surface area contributed by atoms with Crippen LogP contribution >= 0.6 is 0 Å². The van der Waals surface area contributed by atoms with Gasteiger partial charge in [0.25, 0.3) is 0 Å². The predicted molar refractivity (Wildman–Crippen MR) is 44.8 cm³/mol. The van der Waals surface area contributed by atoms with E-state index in [1.165, 1.54) is 0 Å². The van der Waals surface area contributed by atoms with E-state index in [0.717, 1.165) is 5.56 Å². The largest absolute Gasteiger partial charge is 0.392 e. The van der Waals surface area contributed by atoms with Gasteiger partial charge < -0.3 is 10.8 Å². The van der Waals surface area contributed by atoms with Crippen LogP contribution in [0.15, 0.2) is 24.4 Å². The molecule has 3 N–H and O–H groups in total. The number of nitrogens with two attached hydrogens (primary N) is 1. The van der Waals surface area contributed by atoms with E-state index >= 15 is 0 Å². The van der Waals surface area contributed by atoms with Crippen molar-refractivity contribution in [3.8, 4) is 0 Å². The number of aromatic nitrogens is 1. The Labute approximate surface area is 65.2 Å². The summed E-state index contributed by atoms with van der Waals surface area (Å²) >= 11 is 0. The van der Waals surface area contributed by atoms with Crippen LogP contribution in [0.3, 0.4) is 0 Å². The van der Waals surface area contributed by atoms with E-state index in [2.05, 4.69) is 4.98 Å². The zero-order valence-electron chi connectivity index (χ0n) is 6.07.